The molecule has 0 fully saturated rings. The van der Waals surface area contributed by atoms with Crippen LogP contribution in [0.15, 0.2) is 24.3 Å². The summed E-state index contributed by atoms with van der Waals surface area (Å²) in [5.74, 6) is -0.617. The van der Waals surface area contributed by atoms with E-state index in [2.05, 4.69) is 17.1 Å². The van der Waals surface area contributed by atoms with E-state index in [-0.39, 0.29) is 18.2 Å². The predicted molar refractivity (Wildman–Crippen MR) is 91.3 cm³/mol. The first-order chi connectivity index (χ1) is 12.0. The lowest BCUT2D eigenvalue weighted by atomic mass is 9.80. The van der Waals surface area contributed by atoms with Crippen LogP contribution >= 0.6 is 0 Å². The van der Waals surface area contributed by atoms with E-state index in [1.807, 2.05) is 0 Å². The fourth-order valence-corrected chi connectivity index (χ4v) is 3.41. The molecule has 1 aliphatic carbocycles. The van der Waals surface area contributed by atoms with Gasteiger partial charge in [-0.05, 0) is 48.4 Å². The number of anilines is 1. The third-order valence-electron chi connectivity index (χ3n) is 4.57. The minimum Gasteiger partial charge on any atom is -0.481 e. The smallest absolute Gasteiger partial charge is 0.303 e. The summed E-state index contributed by atoms with van der Waals surface area (Å²) in [6, 6.07) is 11.2. The number of nitrogens with zero attached hydrogens (tertiary/aromatic N) is 3. The third kappa shape index (κ3) is 3.15. The van der Waals surface area contributed by atoms with Gasteiger partial charge in [0, 0.05) is 17.7 Å². The Hall–Kier alpha value is -3.38. The number of aliphatic carboxylic acids is 1. The predicted octanol–water partition coefficient (Wildman–Crippen LogP) is 2.65. The minimum atomic E-state index is -0.822. The molecule has 3 N–H and O–H groups in total. The molecule has 6 nitrogen and oxygen atoms in total. The number of nitrogen functional groups attached to an aromatic ring is 1. The van der Waals surface area contributed by atoms with Crippen molar-refractivity contribution in [2.45, 2.75) is 25.7 Å². The highest BCUT2D eigenvalue weighted by atomic mass is 16.4. The van der Waals surface area contributed by atoms with Gasteiger partial charge < -0.3 is 10.8 Å². The molecule has 1 heterocycles. The number of carboxylic acids is 1. The quantitative estimate of drug-likeness (QED) is 0.890. The van der Waals surface area contributed by atoms with Crippen molar-refractivity contribution in [1.29, 1.82) is 10.5 Å². The summed E-state index contributed by atoms with van der Waals surface area (Å²) in [6.07, 6.45) is 2.04. The van der Waals surface area contributed by atoms with Gasteiger partial charge in [0.1, 0.15) is 17.5 Å². The van der Waals surface area contributed by atoms with Crippen LogP contribution in [0.2, 0.25) is 0 Å². The zero-order valence-electron chi connectivity index (χ0n) is 13.5. The highest BCUT2D eigenvalue weighted by Crippen LogP contribution is 2.38. The topological polar surface area (TPSA) is 124 Å². The first kappa shape index (κ1) is 16.5. The fourth-order valence-electron chi connectivity index (χ4n) is 3.41. The largest absolute Gasteiger partial charge is 0.481 e. The number of carbonyl (C=O) groups is 1. The highest BCUT2D eigenvalue weighted by Gasteiger charge is 2.27. The van der Waals surface area contributed by atoms with Gasteiger partial charge >= 0.3 is 5.97 Å². The monoisotopic (exact) mass is 332 g/mol. The van der Waals surface area contributed by atoms with E-state index in [4.69, 9.17) is 16.1 Å². The SMILES string of the molecule is N#Cc1ccc(-c2c(C#N)c(N)nc3c2CC(CC(=O)O)CC3)cc1. The molecular weight excluding hydrogens is 316 g/mol. The second kappa shape index (κ2) is 6.62. The Morgan fingerprint density at radius 2 is 2.00 bits per heavy atom. The van der Waals surface area contributed by atoms with Gasteiger partial charge in [-0.2, -0.15) is 10.5 Å². The number of nitrogens with two attached hydrogens (primary N) is 1. The van der Waals surface area contributed by atoms with E-state index >= 15 is 0 Å². The van der Waals surface area contributed by atoms with Crippen LogP contribution in [0.25, 0.3) is 11.1 Å². The van der Waals surface area contributed by atoms with E-state index in [1.165, 1.54) is 0 Å². The molecule has 0 amide bonds. The lowest BCUT2D eigenvalue weighted by molar-refractivity contribution is -0.138. The van der Waals surface area contributed by atoms with Crippen LogP contribution < -0.4 is 5.73 Å². The van der Waals surface area contributed by atoms with Gasteiger partial charge in [-0.3, -0.25) is 4.79 Å². The number of aromatic nitrogens is 1. The first-order valence-electron chi connectivity index (χ1n) is 7.97. The Balaban J connectivity index is 2.15. The van der Waals surface area contributed by atoms with Crippen molar-refractivity contribution in [3.8, 4) is 23.3 Å². The molecule has 124 valence electrons. The maximum absolute atomic E-state index is 11.1. The molecule has 0 aliphatic heterocycles. The number of hydrogen-bond donors (Lipinski definition) is 2. The van der Waals surface area contributed by atoms with Crippen LogP contribution in [-0.2, 0) is 17.6 Å². The summed E-state index contributed by atoms with van der Waals surface area (Å²) in [5, 5.41) is 27.6. The number of pyridine rings is 1. The van der Waals surface area contributed by atoms with Crippen LogP contribution in [0.3, 0.4) is 0 Å². The number of fused-ring (bicyclic) bond motifs is 1. The maximum Gasteiger partial charge on any atom is 0.303 e. The van der Waals surface area contributed by atoms with Crippen molar-refractivity contribution < 1.29 is 9.90 Å². The average Bonchev–Trinajstić information content (AvgIpc) is 2.60. The van der Waals surface area contributed by atoms with Gasteiger partial charge in [0.05, 0.1) is 11.6 Å². The van der Waals surface area contributed by atoms with Crippen LogP contribution in [0, 0.1) is 28.6 Å². The molecule has 1 unspecified atom stereocenters. The van der Waals surface area contributed by atoms with E-state index < -0.39 is 5.97 Å². The molecule has 1 atom stereocenters. The third-order valence-corrected chi connectivity index (χ3v) is 4.57. The Labute approximate surface area is 145 Å². The lowest BCUT2D eigenvalue weighted by Gasteiger charge is -2.26. The van der Waals surface area contributed by atoms with Crippen LogP contribution in [0.4, 0.5) is 5.82 Å². The van der Waals surface area contributed by atoms with Crippen molar-refractivity contribution in [2.24, 2.45) is 5.92 Å². The molecule has 3 rings (SSSR count). The van der Waals surface area contributed by atoms with E-state index in [0.717, 1.165) is 23.2 Å². The summed E-state index contributed by atoms with van der Waals surface area (Å²) < 4.78 is 0. The summed E-state index contributed by atoms with van der Waals surface area (Å²) in [7, 11) is 0. The molecule has 0 spiro atoms. The second-order valence-corrected chi connectivity index (χ2v) is 6.18. The standard InChI is InChI=1S/C19H16N4O2/c20-9-11-1-4-13(5-2-11)18-14-7-12(8-17(24)25)3-6-16(14)23-19(22)15(18)10-21/h1-2,4-5,12H,3,6-8H2,(H2,22,23)(H,24,25). The van der Waals surface area contributed by atoms with Crippen LogP contribution in [-0.4, -0.2) is 16.1 Å². The molecule has 0 saturated carbocycles. The maximum atomic E-state index is 11.1. The molecule has 1 aromatic heterocycles. The van der Waals surface area contributed by atoms with Crippen molar-refractivity contribution in [3.05, 3.63) is 46.6 Å². The molecule has 0 saturated heterocycles. The fraction of sp³-hybridized carbons (Fsp3) is 0.263. The first-order valence-corrected chi connectivity index (χ1v) is 7.97. The Morgan fingerprint density at radius 3 is 2.60 bits per heavy atom. The molecule has 0 bridgehead atoms. The number of carboxylic acid groups (broad SMARTS) is 1. The molecule has 2 aromatic rings. The van der Waals surface area contributed by atoms with E-state index in [0.29, 0.717) is 29.5 Å². The summed E-state index contributed by atoms with van der Waals surface area (Å²) in [6.45, 7) is 0. The Morgan fingerprint density at radius 1 is 1.28 bits per heavy atom. The lowest BCUT2D eigenvalue weighted by Crippen LogP contribution is -2.20. The van der Waals surface area contributed by atoms with Crippen molar-refractivity contribution in [3.63, 3.8) is 0 Å². The highest BCUT2D eigenvalue weighted by molar-refractivity contribution is 5.79. The molecule has 1 aliphatic rings. The number of nitriles is 2. The van der Waals surface area contributed by atoms with E-state index in [9.17, 15) is 10.1 Å². The van der Waals surface area contributed by atoms with Crippen molar-refractivity contribution in [1.82, 2.24) is 4.98 Å². The van der Waals surface area contributed by atoms with Crippen LogP contribution in [0.5, 0.6) is 0 Å². The van der Waals surface area contributed by atoms with Gasteiger partial charge in [-0.25, -0.2) is 4.98 Å². The normalized spacial score (nSPS) is 15.7. The van der Waals surface area contributed by atoms with Crippen molar-refractivity contribution in [2.75, 3.05) is 5.73 Å². The van der Waals surface area contributed by atoms with Gasteiger partial charge in [-0.1, -0.05) is 12.1 Å². The van der Waals surface area contributed by atoms with Crippen molar-refractivity contribution >= 4 is 11.8 Å². The number of benzene rings is 1. The Bertz CT molecular complexity index is 920. The summed E-state index contributed by atoms with van der Waals surface area (Å²) >= 11 is 0. The number of aryl methyl sites for hydroxylation is 1. The van der Waals surface area contributed by atoms with Crippen LogP contribution in [0.1, 0.15) is 35.2 Å². The molecule has 25 heavy (non-hydrogen) atoms. The average molecular weight is 332 g/mol. The Kier molecular flexibility index (Phi) is 4.36. The summed E-state index contributed by atoms with van der Waals surface area (Å²) in [4.78, 5) is 15.4. The van der Waals surface area contributed by atoms with Gasteiger partial charge in [-0.15, -0.1) is 0 Å². The summed E-state index contributed by atoms with van der Waals surface area (Å²) in [5.41, 5.74) is 10.0. The van der Waals surface area contributed by atoms with Gasteiger partial charge in [0.2, 0.25) is 0 Å². The van der Waals surface area contributed by atoms with Gasteiger partial charge in [0.15, 0.2) is 0 Å². The zero-order chi connectivity index (χ0) is 18.0. The van der Waals surface area contributed by atoms with Gasteiger partial charge in [0.25, 0.3) is 0 Å². The van der Waals surface area contributed by atoms with E-state index in [1.54, 1.807) is 24.3 Å². The second-order valence-electron chi connectivity index (χ2n) is 6.18. The molecule has 0 radical (unpaired) electrons. The zero-order valence-corrected chi connectivity index (χ0v) is 13.5. The minimum absolute atomic E-state index is 0.0131. The molecule has 1 aromatic carbocycles. The molecule has 6 heteroatoms. The number of hydrogen-bond acceptors (Lipinski definition) is 5. The number of rotatable bonds is 3. The molecular formula is C19H16N4O2.